The summed E-state index contributed by atoms with van der Waals surface area (Å²) < 4.78 is 0. The number of anilines is 4. The average molecular weight is 752 g/mol. The first kappa shape index (κ1) is 34.8. The van der Waals surface area contributed by atoms with Crippen LogP contribution in [0, 0.1) is 0 Å². The molecular weight excluding hydrogens is 719 g/mol. The third-order valence-electron chi connectivity index (χ3n) is 10.2. The SMILES string of the molecule is CC(=O)N1c2ccc(NC(=O)c3ccccc3Cl)cc2[C@@]2(c3ccccc3)N(C(C)=O)c3ccc(NC(=O)c4ccccc4Cl)cc3[C@@]12c1ccccc1. The number of carbonyl (C=O) groups excluding carboxylic acids is 4. The molecule has 6 aromatic rings. The van der Waals surface area contributed by atoms with Crippen LogP contribution in [0.5, 0.6) is 0 Å². The van der Waals surface area contributed by atoms with Gasteiger partial charge in [0.15, 0.2) is 0 Å². The van der Waals surface area contributed by atoms with Crippen molar-refractivity contribution < 1.29 is 19.2 Å². The van der Waals surface area contributed by atoms with Crippen LogP contribution in [0.1, 0.15) is 56.8 Å². The fourth-order valence-corrected chi connectivity index (χ4v) is 8.80. The molecule has 0 aromatic heterocycles. The fraction of sp³-hybridized carbons (Fsp3) is 0.0909. The zero-order valence-corrected chi connectivity index (χ0v) is 30.7. The summed E-state index contributed by atoms with van der Waals surface area (Å²) in [5.41, 5.74) is 2.41. The van der Waals surface area contributed by atoms with Gasteiger partial charge in [0.2, 0.25) is 11.8 Å². The Labute approximate surface area is 321 Å². The van der Waals surface area contributed by atoms with Crippen molar-refractivity contribution in [2.75, 3.05) is 20.4 Å². The van der Waals surface area contributed by atoms with Crippen LogP contribution in [0.15, 0.2) is 146 Å². The zero-order chi connectivity index (χ0) is 37.8. The van der Waals surface area contributed by atoms with Crippen LogP contribution in [0.25, 0.3) is 0 Å². The number of nitrogens with one attached hydrogen (secondary N) is 2. The molecule has 4 amide bonds. The molecule has 2 aliphatic heterocycles. The molecule has 0 spiro atoms. The molecule has 0 bridgehead atoms. The van der Waals surface area contributed by atoms with Gasteiger partial charge >= 0.3 is 0 Å². The van der Waals surface area contributed by atoms with Crippen LogP contribution in [0.4, 0.5) is 22.7 Å². The highest BCUT2D eigenvalue weighted by Crippen LogP contribution is 2.70. The summed E-state index contributed by atoms with van der Waals surface area (Å²) in [6.07, 6.45) is 0. The van der Waals surface area contributed by atoms with E-state index < -0.39 is 22.9 Å². The van der Waals surface area contributed by atoms with Crippen molar-refractivity contribution in [3.05, 3.63) is 189 Å². The van der Waals surface area contributed by atoms with Crippen LogP contribution in [-0.4, -0.2) is 23.6 Å². The number of rotatable bonds is 6. The smallest absolute Gasteiger partial charge is 0.257 e. The largest absolute Gasteiger partial charge is 0.322 e. The van der Waals surface area contributed by atoms with Gasteiger partial charge in [0.25, 0.3) is 11.8 Å². The number of nitrogens with zero attached hydrogens (tertiary/aromatic N) is 2. The van der Waals surface area contributed by atoms with Gasteiger partial charge in [-0.15, -0.1) is 0 Å². The molecule has 2 heterocycles. The number of fused-ring (bicyclic) bond motifs is 5. The van der Waals surface area contributed by atoms with Gasteiger partial charge in [0.05, 0.1) is 32.5 Å². The van der Waals surface area contributed by atoms with Crippen molar-refractivity contribution in [3.8, 4) is 0 Å². The Kier molecular flexibility index (Phi) is 8.60. The van der Waals surface area contributed by atoms with E-state index in [0.717, 1.165) is 11.1 Å². The molecule has 0 fully saturated rings. The highest BCUT2D eigenvalue weighted by Gasteiger charge is 2.73. The van der Waals surface area contributed by atoms with E-state index in [4.69, 9.17) is 23.2 Å². The van der Waals surface area contributed by atoms with E-state index in [1.165, 1.54) is 13.8 Å². The maximum absolute atomic E-state index is 14.4. The Balaban J connectivity index is 1.43. The van der Waals surface area contributed by atoms with E-state index in [1.807, 2.05) is 72.8 Å². The van der Waals surface area contributed by atoms with Crippen molar-refractivity contribution in [1.29, 1.82) is 0 Å². The zero-order valence-electron chi connectivity index (χ0n) is 29.1. The van der Waals surface area contributed by atoms with Gasteiger partial charge in [-0.3, -0.25) is 29.0 Å². The lowest BCUT2D eigenvalue weighted by atomic mass is 9.65. The molecule has 0 saturated heterocycles. The summed E-state index contributed by atoms with van der Waals surface area (Å²) in [6.45, 7) is 3.00. The van der Waals surface area contributed by atoms with Gasteiger partial charge in [-0.2, -0.15) is 0 Å². The summed E-state index contributed by atoms with van der Waals surface area (Å²) in [5.74, 6) is -1.40. The first-order chi connectivity index (χ1) is 26.1. The molecule has 10 heteroatoms. The summed E-state index contributed by atoms with van der Waals surface area (Å²) in [7, 11) is 0. The lowest BCUT2D eigenvalue weighted by molar-refractivity contribution is -0.119. The Morgan fingerprint density at radius 1 is 0.481 bits per heavy atom. The van der Waals surface area contributed by atoms with Crippen molar-refractivity contribution in [2.45, 2.75) is 24.9 Å². The molecule has 2 N–H and O–H groups in total. The third kappa shape index (κ3) is 5.05. The summed E-state index contributed by atoms with van der Waals surface area (Å²) >= 11 is 12.8. The molecule has 8 rings (SSSR count). The van der Waals surface area contributed by atoms with Crippen molar-refractivity contribution in [1.82, 2.24) is 0 Å². The molecule has 0 unspecified atom stereocenters. The molecule has 54 heavy (non-hydrogen) atoms. The minimum atomic E-state index is -1.42. The van der Waals surface area contributed by atoms with Crippen LogP contribution >= 0.6 is 23.2 Å². The number of amides is 4. The minimum Gasteiger partial charge on any atom is -0.322 e. The average Bonchev–Trinajstić information content (AvgIpc) is 3.59. The lowest BCUT2D eigenvalue weighted by Gasteiger charge is -2.49. The Morgan fingerprint density at radius 3 is 1.19 bits per heavy atom. The maximum Gasteiger partial charge on any atom is 0.257 e. The molecular formula is C44H32Cl2N4O4. The van der Waals surface area contributed by atoms with Crippen LogP contribution < -0.4 is 20.4 Å². The number of carbonyl (C=O) groups is 4. The minimum absolute atomic E-state index is 0.285. The van der Waals surface area contributed by atoms with Gasteiger partial charge in [0.1, 0.15) is 11.1 Å². The van der Waals surface area contributed by atoms with E-state index in [1.54, 1.807) is 82.6 Å². The van der Waals surface area contributed by atoms with Crippen LogP contribution in [0.2, 0.25) is 10.0 Å². The van der Waals surface area contributed by atoms with Gasteiger partial charge in [-0.05, 0) is 71.8 Å². The van der Waals surface area contributed by atoms with Crippen LogP contribution in [-0.2, 0) is 20.7 Å². The molecule has 266 valence electrons. The number of benzene rings is 6. The van der Waals surface area contributed by atoms with E-state index >= 15 is 0 Å². The highest BCUT2D eigenvalue weighted by molar-refractivity contribution is 6.35. The maximum atomic E-state index is 14.4. The second-order valence-electron chi connectivity index (χ2n) is 13.2. The molecule has 8 nitrogen and oxygen atoms in total. The summed E-state index contributed by atoms with van der Waals surface area (Å²) in [4.78, 5) is 59.5. The Morgan fingerprint density at radius 2 is 0.833 bits per heavy atom. The van der Waals surface area contributed by atoms with E-state index in [0.29, 0.717) is 55.0 Å². The molecule has 0 saturated carbocycles. The normalized spacial score (nSPS) is 18.0. The number of hydrogen-bond acceptors (Lipinski definition) is 4. The summed E-state index contributed by atoms with van der Waals surface area (Å²) in [6, 6.07) is 43.5. The number of hydrogen-bond donors (Lipinski definition) is 2. The quantitative estimate of drug-likeness (QED) is 0.177. The van der Waals surface area contributed by atoms with Crippen molar-refractivity contribution in [2.24, 2.45) is 0 Å². The molecule has 0 radical (unpaired) electrons. The topological polar surface area (TPSA) is 98.8 Å². The molecule has 0 aliphatic carbocycles. The van der Waals surface area contributed by atoms with Gasteiger partial charge in [-0.1, -0.05) is 108 Å². The fourth-order valence-electron chi connectivity index (χ4n) is 8.36. The van der Waals surface area contributed by atoms with E-state index in [9.17, 15) is 19.2 Å². The van der Waals surface area contributed by atoms with Gasteiger partial charge in [-0.25, -0.2) is 0 Å². The lowest BCUT2D eigenvalue weighted by Crippen LogP contribution is -2.62. The predicted molar refractivity (Wildman–Crippen MR) is 212 cm³/mol. The van der Waals surface area contributed by atoms with E-state index in [2.05, 4.69) is 10.6 Å². The molecule has 2 aliphatic rings. The Bertz CT molecular complexity index is 2340. The van der Waals surface area contributed by atoms with E-state index in [-0.39, 0.29) is 11.8 Å². The first-order valence-electron chi connectivity index (χ1n) is 17.2. The van der Waals surface area contributed by atoms with Gasteiger partial charge in [0, 0.05) is 36.3 Å². The third-order valence-corrected chi connectivity index (χ3v) is 10.9. The monoisotopic (exact) mass is 750 g/mol. The number of halogens is 2. The van der Waals surface area contributed by atoms with Crippen molar-refractivity contribution in [3.63, 3.8) is 0 Å². The highest BCUT2D eigenvalue weighted by atomic mass is 35.5. The van der Waals surface area contributed by atoms with Gasteiger partial charge < -0.3 is 10.6 Å². The Hall–Kier alpha value is -6.22. The predicted octanol–water partition coefficient (Wildman–Crippen LogP) is 9.42. The second-order valence-corrected chi connectivity index (χ2v) is 14.0. The standard InChI is InChI=1S/C44H32Cl2N4O4/c1-27(51)49-39-23-21-31(47-41(53)33-17-9-11-19-37(33)45)25-35(39)44(30-15-7-4-8-16-30)43(49,29-13-5-3-6-14-29)36-26-32(22-24-40(36)50(44)28(2)52)48-42(54)34-18-10-12-20-38(34)46/h3-26H,1-2H3,(H,47,53)(H,48,54)/t43-,44-/m1/s1. The second kappa shape index (κ2) is 13.3. The summed E-state index contributed by atoms with van der Waals surface area (Å²) in [5, 5.41) is 6.60. The van der Waals surface area contributed by atoms with Crippen LogP contribution in [0.3, 0.4) is 0 Å². The molecule has 6 aromatic carbocycles. The molecule has 2 atom stereocenters. The first-order valence-corrected chi connectivity index (χ1v) is 18.0. The van der Waals surface area contributed by atoms with Crippen molar-refractivity contribution >= 4 is 69.6 Å².